The van der Waals surface area contributed by atoms with Gasteiger partial charge in [-0.1, -0.05) is 17.7 Å². The summed E-state index contributed by atoms with van der Waals surface area (Å²) >= 11 is 6.08. The number of nitrogens with zero attached hydrogens (tertiary/aromatic N) is 1. The Kier molecular flexibility index (Phi) is 4.43. The number of hydrogen-bond donors (Lipinski definition) is 1. The van der Waals surface area contributed by atoms with Crippen molar-refractivity contribution < 1.29 is 14.2 Å². The summed E-state index contributed by atoms with van der Waals surface area (Å²) in [4.78, 5) is 1.88. The van der Waals surface area contributed by atoms with Crippen molar-refractivity contribution in [1.29, 1.82) is 0 Å². The Bertz CT molecular complexity index is 406. The van der Waals surface area contributed by atoms with Crippen LogP contribution in [0.3, 0.4) is 0 Å². The summed E-state index contributed by atoms with van der Waals surface area (Å²) in [7, 11) is 0. The van der Waals surface area contributed by atoms with Crippen molar-refractivity contribution in [2.24, 2.45) is 0 Å². The van der Waals surface area contributed by atoms with Crippen LogP contribution in [0.4, 0.5) is 4.39 Å². The van der Waals surface area contributed by atoms with Crippen LogP contribution in [0.1, 0.15) is 12.5 Å². The summed E-state index contributed by atoms with van der Waals surface area (Å²) < 4.78 is 18.5. The largest absolute Gasteiger partial charge is 0.492 e. The molecule has 5 heteroatoms. The molecule has 100 valence electrons. The van der Waals surface area contributed by atoms with Gasteiger partial charge in [-0.3, -0.25) is 4.90 Å². The molecule has 0 aliphatic carbocycles. The van der Waals surface area contributed by atoms with Crippen LogP contribution >= 0.6 is 11.6 Å². The van der Waals surface area contributed by atoms with Gasteiger partial charge in [0.05, 0.1) is 17.7 Å². The van der Waals surface area contributed by atoms with E-state index in [4.69, 9.17) is 16.3 Å². The fraction of sp³-hybridized carbons (Fsp3) is 0.538. The Labute approximate surface area is 111 Å². The summed E-state index contributed by atoms with van der Waals surface area (Å²) in [6.07, 6.45) is -2.02. The molecule has 1 aliphatic heterocycles. The number of hydrogen-bond acceptors (Lipinski definition) is 3. The molecule has 3 nitrogen and oxygen atoms in total. The van der Waals surface area contributed by atoms with Crippen LogP contribution in [-0.2, 0) is 6.54 Å². The van der Waals surface area contributed by atoms with Crippen molar-refractivity contribution in [2.75, 3.05) is 19.7 Å². The maximum atomic E-state index is 13.2. The number of rotatable bonds is 4. The number of aliphatic hydroxyl groups is 1. The van der Waals surface area contributed by atoms with E-state index in [-0.39, 0.29) is 6.54 Å². The molecular weight excluding hydrogens is 257 g/mol. The van der Waals surface area contributed by atoms with E-state index in [0.29, 0.717) is 30.5 Å². The van der Waals surface area contributed by atoms with Gasteiger partial charge in [0.2, 0.25) is 0 Å². The van der Waals surface area contributed by atoms with Gasteiger partial charge >= 0.3 is 0 Å². The molecule has 0 radical (unpaired) electrons. The maximum absolute atomic E-state index is 13.2. The van der Waals surface area contributed by atoms with E-state index < -0.39 is 12.3 Å². The zero-order valence-electron chi connectivity index (χ0n) is 10.3. The highest BCUT2D eigenvalue weighted by atomic mass is 35.5. The van der Waals surface area contributed by atoms with Crippen LogP contribution < -0.4 is 4.74 Å². The zero-order chi connectivity index (χ0) is 13.1. The van der Waals surface area contributed by atoms with Crippen LogP contribution in [-0.4, -0.2) is 42.0 Å². The molecule has 0 unspecified atom stereocenters. The molecule has 1 N–H and O–H groups in total. The van der Waals surface area contributed by atoms with Gasteiger partial charge < -0.3 is 9.84 Å². The molecule has 1 fully saturated rings. The third-order valence-corrected chi connectivity index (χ3v) is 3.29. The zero-order valence-corrected chi connectivity index (χ0v) is 11.0. The van der Waals surface area contributed by atoms with Crippen LogP contribution in [0.15, 0.2) is 18.2 Å². The van der Waals surface area contributed by atoms with Gasteiger partial charge in [-0.05, 0) is 24.6 Å². The Balaban J connectivity index is 2.00. The number of halogens is 2. The number of ether oxygens (including phenoxy) is 1. The number of aliphatic hydroxyl groups excluding tert-OH is 1. The third kappa shape index (κ3) is 3.13. The van der Waals surface area contributed by atoms with Crippen LogP contribution in [0, 0.1) is 0 Å². The number of β-amino-alcohol motifs (C(OH)–C–C–N with tert-alkyl or cyclic N) is 1. The average Bonchev–Trinajstić information content (AvgIpc) is 2.62. The molecule has 0 bridgehead atoms. The molecule has 1 saturated heterocycles. The van der Waals surface area contributed by atoms with Gasteiger partial charge in [-0.25, -0.2) is 4.39 Å². The van der Waals surface area contributed by atoms with E-state index in [9.17, 15) is 9.50 Å². The van der Waals surface area contributed by atoms with Crippen LogP contribution in [0.25, 0.3) is 0 Å². The second kappa shape index (κ2) is 5.87. The van der Waals surface area contributed by atoms with Crippen molar-refractivity contribution in [2.45, 2.75) is 25.7 Å². The van der Waals surface area contributed by atoms with Gasteiger partial charge in [0.25, 0.3) is 0 Å². The van der Waals surface area contributed by atoms with Crippen molar-refractivity contribution in [1.82, 2.24) is 4.90 Å². The summed E-state index contributed by atoms with van der Waals surface area (Å²) in [6, 6.07) is 5.56. The van der Waals surface area contributed by atoms with Gasteiger partial charge in [-0.15, -0.1) is 0 Å². The second-order valence-corrected chi connectivity index (χ2v) is 4.88. The van der Waals surface area contributed by atoms with Crippen LogP contribution in [0.2, 0.25) is 5.02 Å². The molecule has 0 spiro atoms. The maximum Gasteiger partial charge on any atom is 0.140 e. The average molecular weight is 274 g/mol. The lowest BCUT2D eigenvalue weighted by Gasteiger charge is -2.15. The first kappa shape index (κ1) is 13.6. The molecule has 0 aromatic heterocycles. The Morgan fingerprint density at radius 3 is 2.83 bits per heavy atom. The molecule has 1 aromatic rings. The van der Waals surface area contributed by atoms with Crippen molar-refractivity contribution in [3.63, 3.8) is 0 Å². The molecule has 1 heterocycles. The summed E-state index contributed by atoms with van der Waals surface area (Å²) in [6.45, 7) is 3.69. The standard InChI is InChI=1S/C13H17ClFNO2/c1-2-18-13-4-3-9(5-10(13)14)6-16-7-11(15)12(17)8-16/h3-5,11-12,17H,2,6-8H2,1H3/t11-,12-/m1/s1. The normalized spacial score (nSPS) is 24.4. The summed E-state index contributed by atoms with van der Waals surface area (Å²) in [5.41, 5.74) is 0.991. The van der Waals surface area contributed by atoms with Crippen molar-refractivity contribution in [3.05, 3.63) is 28.8 Å². The molecule has 2 atom stereocenters. The third-order valence-electron chi connectivity index (χ3n) is 3.00. The van der Waals surface area contributed by atoms with Gasteiger partial charge in [0.15, 0.2) is 0 Å². The van der Waals surface area contributed by atoms with Crippen LogP contribution in [0.5, 0.6) is 5.75 Å². The van der Waals surface area contributed by atoms with E-state index in [1.807, 2.05) is 30.0 Å². The fourth-order valence-corrected chi connectivity index (χ4v) is 2.38. The smallest absolute Gasteiger partial charge is 0.140 e. The highest BCUT2D eigenvalue weighted by Crippen LogP contribution is 2.26. The molecule has 1 aliphatic rings. The Morgan fingerprint density at radius 2 is 2.28 bits per heavy atom. The van der Waals surface area contributed by atoms with E-state index in [1.165, 1.54) is 0 Å². The minimum Gasteiger partial charge on any atom is -0.492 e. The van der Waals surface area contributed by atoms with Gasteiger partial charge in [0.1, 0.15) is 11.9 Å². The lowest BCUT2D eigenvalue weighted by Crippen LogP contribution is -2.21. The highest BCUT2D eigenvalue weighted by Gasteiger charge is 2.30. The van der Waals surface area contributed by atoms with Crippen molar-refractivity contribution >= 4 is 11.6 Å². The lowest BCUT2D eigenvalue weighted by atomic mass is 10.2. The Morgan fingerprint density at radius 1 is 1.50 bits per heavy atom. The lowest BCUT2D eigenvalue weighted by molar-refractivity contribution is 0.115. The SMILES string of the molecule is CCOc1ccc(CN2C[C@@H](O)[C@H](F)C2)cc1Cl. The van der Waals surface area contributed by atoms with E-state index >= 15 is 0 Å². The molecule has 0 saturated carbocycles. The second-order valence-electron chi connectivity index (χ2n) is 4.48. The number of likely N-dealkylation sites (tertiary alicyclic amines) is 1. The predicted molar refractivity (Wildman–Crippen MR) is 68.8 cm³/mol. The van der Waals surface area contributed by atoms with Gasteiger partial charge in [0, 0.05) is 19.6 Å². The summed E-state index contributed by atoms with van der Waals surface area (Å²) in [5.74, 6) is 0.660. The number of alkyl halides is 1. The number of benzene rings is 1. The molecule has 18 heavy (non-hydrogen) atoms. The monoisotopic (exact) mass is 273 g/mol. The first-order valence-corrected chi connectivity index (χ1v) is 6.43. The molecule has 1 aromatic carbocycles. The first-order chi connectivity index (χ1) is 8.60. The molecular formula is C13H17ClFNO2. The molecule has 0 amide bonds. The fourth-order valence-electron chi connectivity index (χ4n) is 2.12. The minimum absolute atomic E-state index is 0.270. The molecule has 2 rings (SSSR count). The first-order valence-electron chi connectivity index (χ1n) is 6.06. The van der Waals surface area contributed by atoms with E-state index in [1.54, 1.807) is 0 Å². The highest BCUT2D eigenvalue weighted by molar-refractivity contribution is 6.32. The van der Waals surface area contributed by atoms with Gasteiger partial charge in [-0.2, -0.15) is 0 Å². The minimum atomic E-state index is -1.15. The van der Waals surface area contributed by atoms with E-state index in [2.05, 4.69) is 0 Å². The van der Waals surface area contributed by atoms with E-state index in [0.717, 1.165) is 5.56 Å². The van der Waals surface area contributed by atoms with Crippen molar-refractivity contribution in [3.8, 4) is 5.75 Å². The quantitative estimate of drug-likeness (QED) is 0.913. The Hall–Kier alpha value is -0.840. The topological polar surface area (TPSA) is 32.7 Å². The summed E-state index contributed by atoms with van der Waals surface area (Å²) in [5, 5.41) is 9.91. The predicted octanol–water partition coefficient (Wildman–Crippen LogP) is 2.25.